The van der Waals surface area contributed by atoms with E-state index < -0.39 is 5.97 Å². The average Bonchev–Trinajstić information content (AvgIpc) is 2.79. The van der Waals surface area contributed by atoms with Gasteiger partial charge in [-0.2, -0.15) is 0 Å². The first-order valence-electron chi connectivity index (χ1n) is 5.67. The quantitative estimate of drug-likeness (QED) is 0.921. The monoisotopic (exact) mass is 296 g/mol. The lowest BCUT2D eigenvalue weighted by Gasteiger charge is -2.16. The van der Waals surface area contributed by atoms with Crippen molar-refractivity contribution in [3.63, 3.8) is 0 Å². The predicted octanol–water partition coefficient (Wildman–Crippen LogP) is 3.06. The highest BCUT2D eigenvalue weighted by atomic mass is 35.5. The number of carboxylic acid groups (broad SMARTS) is 1. The summed E-state index contributed by atoms with van der Waals surface area (Å²) >= 11 is 7.54. The summed E-state index contributed by atoms with van der Waals surface area (Å²) in [7, 11) is 1.91. The molecule has 2 rings (SSSR count). The van der Waals surface area contributed by atoms with Crippen LogP contribution in [-0.4, -0.2) is 23.1 Å². The number of carbonyl (C=O) groups is 1. The normalized spacial score (nSPS) is 10.4. The number of halogens is 1. The fourth-order valence-corrected chi connectivity index (χ4v) is 2.64. The van der Waals surface area contributed by atoms with Crippen molar-refractivity contribution >= 4 is 34.0 Å². The van der Waals surface area contributed by atoms with Gasteiger partial charge < -0.3 is 10.0 Å². The molecule has 0 saturated carbocycles. The number of anilines is 1. The second kappa shape index (κ2) is 6.04. The van der Waals surface area contributed by atoms with Crippen molar-refractivity contribution in [3.05, 3.63) is 45.9 Å². The van der Waals surface area contributed by atoms with Gasteiger partial charge in [0.2, 0.25) is 0 Å². The smallest absolute Gasteiger partial charge is 0.309 e. The molecular formula is C13H13ClN2O2S. The molecular weight excluding hydrogens is 284 g/mol. The number of carboxylic acids is 1. The summed E-state index contributed by atoms with van der Waals surface area (Å²) in [5, 5.41) is 12.0. The number of aromatic nitrogens is 1. The van der Waals surface area contributed by atoms with Gasteiger partial charge in [0, 0.05) is 24.0 Å². The van der Waals surface area contributed by atoms with Gasteiger partial charge in [-0.25, -0.2) is 4.98 Å². The van der Waals surface area contributed by atoms with Crippen molar-refractivity contribution in [1.29, 1.82) is 0 Å². The molecule has 0 aliphatic carbocycles. The van der Waals surface area contributed by atoms with Gasteiger partial charge >= 0.3 is 5.97 Å². The van der Waals surface area contributed by atoms with E-state index in [0.29, 0.717) is 12.2 Å². The fourth-order valence-electron chi connectivity index (χ4n) is 1.66. The lowest BCUT2D eigenvalue weighted by atomic mass is 10.2. The molecule has 1 heterocycles. The van der Waals surface area contributed by atoms with E-state index in [2.05, 4.69) is 4.98 Å². The van der Waals surface area contributed by atoms with Crippen molar-refractivity contribution in [2.75, 3.05) is 11.9 Å². The molecule has 0 bridgehead atoms. The van der Waals surface area contributed by atoms with Gasteiger partial charge in [0.25, 0.3) is 0 Å². The number of hydrogen-bond acceptors (Lipinski definition) is 4. The Morgan fingerprint density at radius 3 is 2.89 bits per heavy atom. The Bertz CT molecular complexity index is 586. The molecule has 6 heteroatoms. The van der Waals surface area contributed by atoms with E-state index in [9.17, 15) is 4.79 Å². The Hall–Kier alpha value is -1.59. The van der Waals surface area contributed by atoms with E-state index in [0.717, 1.165) is 15.7 Å². The summed E-state index contributed by atoms with van der Waals surface area (Å²) in [6.45, 7) is 0.639. The Morgan fingerprint density at radius 2 is 2.21 bits per heavy atom. The van der Waals surface area contributed by atoms with Crippen LogP contribution in [0, 0.1) is 0 Å². The molecule has 1 N–H and O–H groups in total. The van der Waals surface area contributed by atoms with Gasteiger partial charge in [-0.1, -0.05) is 29.8 Å². The van der Waals surface area contributed by atoms with Crippen LogP contribution >= 0.6 is 22.9 Å². The minimum Gasteiger partial charge on any atom is -0.481 e. The SMILES string of the molecule is CN(Cc1ccccc1Cl)c1nc(CC(=O)O)cs1. The standard InChI is InChI=1S/C13H13ClN2O2S/c1-16(7-9-4-2-3-5-11(9)14)13-15-10(8-19-13)6-12(17)18/h2-5,8H,6-7H2,1H3,(H,17,18). The molecule has 0 aliphatic heterocycles. The Balaban J connectivity index is 2.08. The number of benzene rings is 1. The molecule has 0 aliphatic rings. The fraction of sp³-hybridized carbons (Fsp3) is 0.231. The molecule has 4 nitrogen and oxygen atoms in total. The zero-order chi connectivity index (χ0) is 13.8. The van der Waals surface area contributed by atoms with E-state index >= 15 is 0 Å². The zero-order valence-electron chi connectivity index (χ0n) is 10.3. The summed E-state index contributed by atoms with van der Waals surface area (Å²) in [6.07, 6.45) is -0.0452. The number of thiazole rings is 1. The summed E-state index contributed by atoms with van der Waals surface area (Å²) in [5.41, 5.74) is 1.60. The molecule has 19 heavy (non-hydrogen) atoms. The maximum atomic E-state index is 10.6. The van der Waals surface area contributed by atoms with Gasteiger partial charge in [-0.3, -0.25) is 4.79 Å². The van der Waals surface area contributed by atoms with E-state index in [1.54, 1.807) is 5.38 Å². The maximum absolute atomic E-state index is 10.6. The molecule has 0 amide bonds. The lowest BCUT2D eigenvalue weighted by molar-refractivity contribution is -0.136. The van der Waals surface area contributed by atoms with E-state index in [-0.39, 0.29) is 6.42 Å². The van der Waals surface area contributed by atoms with E-state index in [4.69, 9.17) is 16.7 Å². The van der Waals surface area contributed by atoms with Crippen LogP contribution in [0.4, 0.5) is 5.13 Å². The van der Waals surface area contributed by atoms with Gasteiger partial charge in [0.1, 0.15) is 0 Å². The highest BCUT2D eigenvalue weighted by molar-refractivity contribution is 7.13. The van der Waals surface area contributed by atoms with Gasteiger partial charge in [-0.05, 0) is 11.6 Å². The highest BCUT2D eigenvalue weighted by Gasteiger charge is 2.11. The number of aliphatic carboxylic acids is 1. The van der Waals surface area contributed by atoms with Crippen LogP contribution in [0.1, 0.15) is 11.3 Å². The van der Waals surface area contributed by atoms with Crippen molar-refractivity contribution in [2.45, 2.75) is 13.0 Å². The van der Waals surface area contributed by atoms with Crippen molar-refractivity contribution < 1.29 is 9.90 Å². The first-order valence-corrected chi connectivity index (χ1v) is 6.93. The van der Waals surface area contributed by atoms with Crippen LogP contribution in [0.3, 0.4) is 0 Å². The summed E-state index contributed by atoms with van der Waals surface area (Å²) in [5.74, 6) is -0.870. The minimum absolute atomic E-state index is 0.0452. The van der Waals surface area contributed by atoms with Crippen molar-refractivity contribution in [1.82, 2.24) is 4.98 Å². The topological polar surface area (TPSA) is 53.4 Å². The zero-order valence-corrected chi connectivity index (χ0v) is 11.9. The molecule has 2 aromatic rings. The van der Waals surface area contributed by atoms with Gasteiger partial charge in [0.15, 0.2) is 5.13 Å². The molecule has 100 valence electrons. The maximum Gasteiger partial charge on any atom is 0.309 e. The summed E-state index contributed by atoms with van der Waals surface area (Å²) in [6, 6.07) is 7.64. The third-order valence-corrected chi connectivity index (χ3v) is 3.94. The van der Waals surface area contributed by atoms with Crippen LogP contribution < -0.4 is 4.90 Å². The number of rotatable bonds is 5. The third kappa shape index (κ3) is 3.68. The van der Waals surface area contributed by atoms with Gasteiger partial charge in [0.05, 0.1) is 12.1 Å². The van der Waals surface area contributed by atoms with Crippen molar-refractivity contribution in [2.24, 2.45) is 0 Å². The molecule has 0 fully saturated rings. The van der Waals surface area contributed by atoms with Crippen molar-refractivity contribution in [3.8, 4) is 0 Å². The van der Waals surface area contributed by atoms with Crippen LogP contribution in [0.5, 0.6) is 0 Å². The lowest BCUT2D eigenvalue weighted by Crippen LogP contribution is -2.16. The number of hydrogen-bond donors (Lipinski definition) is 1. The molecule has 0 atom stereocenters. The number of nitrogens with zero attached hydrogens (tertiary/aromatic N) is 2. The first kappa shape index (κ1) is 13.8. The highest BCUT2D eigenvalue weighted by Crippen LogP contribution is 2.23. The molecule has 0 radical (unpaired) electrons. The largest absolute Gasteiger partial charge is 0.481 e. The molecule has 0 saturated heterocycles. The summed E-state index contributed by atoms with van der Waals surface area (Å²) in [4.78, 5) is 16.9. The molecule has 1 aromatic carbocycles. The molecule has 1 aromatic heterocycles. The van der Waals surface area contributed by atoms with Gasteiger partial charge in [-0.15, -0.1) is 11.3 Å². The average molecular weight is 297 g/mol. The van der Waals surface area contributed by atoms with Crippen LogP contribution in [0.25, 0.3) is 0 Å². The molecule has 0 spiro atoms. The first-order chi connectivity index (χ1) is 9.06. The van der Waals surface area contributed by atoms with Crippen LogP contribution in [0.15, 0.2) is 29.6 Å². The third-order valence-electron chi connectivity index (χ3n) is 2.56. The Labute approximate surface area is 120 Å². The van der Waals surface area contributed by atoms with E-state index in [1.165, 1.54) is 11.3 Å². The van der Waals surface area contributed by atoms with Crippen LogP contribution in [-0.2, 0) is 17.8 Å². The van der Waals surface area contributed by atoms with E-state index in [1.807, 2.05) is 36.2 Å². The Morgan fingerprint density at radius 1 is 1.47 bits per heavy atom. The molecule has 0 unspecified atom stereocenters. The summed E-state index contributed by atoms with van der Waals surface area (Å²) < 4.78 is 0. The minimum atomic E-state index is -0.870. The second-order valence-corrected chi connectivity index (χ2v) is 5.38. The van der Waals surface area contributed by atoms with Crippen LogP contribution in [0.2, 0.25) is 5.02 Å². The predicted molar refractivity (Wildman–Crippen MR) is 77.0 cm³/mol. The second-order valence-electron chi connectivity index (χ2n) is 4.14. The Kier molecular flexibility index (Phi) is 4.39.